The Bertz CT molecular complexity index is 857. The smallest absolute Gasteiger partial charge is 0.326 e. The number of aromatic nitrogens is 4. The van der Waals surface area contributed by atoms with E-state index in [9.17, 15) is 24.9 Å². The molecule has 0 bridgehead atoms. The number of carboxylic acids is 2. The fourth-order valence-electron chi connectivity index (χ4n) is 2.79. The van der Waals surface area contributed by atoms with Crippen molar-refractivity contribution in [2.45, 2.75) is 37.0 Å². The second-order valence-electron chi connectivity index (χ2n) is 5.91. The van der Waals surface area contributed by atoms with Crippen molar-refractivity contribution >= 4 is 28.9 Å². The second kappa shape index (κ2) is 7.40. The highest BCUT2D eigenvalue weighted by Gasteiger charge is 2.44. The van der Waals surface area contributed by atoms with Crippen molar-refractivity contribution in [3.63, 3.8) is 0 Å². The first-order valence-electron chi connectivity index (χ1n) is 7.84. The molecule has 2 aromatic heterocycles. The molecule has 0 spiro atoms. The maximum Gasteiger partial charge on any atom is 0.326 e. The van der Waals surface area contributed by atoms with Gasteiger partial charge in [0.2, 0.25) is 0 Å². The molecule has 0 amide bonds. The van der Waals surface area contributed by atoms with Crippen molar-refractivity contribution < 1.29 is 39.9 Å². The second-order valence-corrected chi connectivity index (χ2v) is 5.91. The van der Waals surface area contributed by atoms with Crippen molar-refractivity contribution in [3.05, 3.63) is 12.7 Å². The molecule has 0 aliphatic carbocycles. The average molecular weight is 383 g/mol. The fraction of sp³-hybridized carbons (Fsp3) is 0.500. The van der Waals surface area contributed by atoms with Crippen LogP contribution in [-0.2, 0) is 14.3 Å². The zero-order valence-electron chi connectivity index (χ0n) is 13.7. The number of aliphatic carboxylic acids is 2. The van der Waals surface area contributed by atoms with Crippen LogP contribution >= 0.6 is 0 Å². The van der Waals surface area contributed by atoms with E-state index < -0.39 is 55.5 Å². The number of hydrogen-bond donors (Lipinski definition) is 6. The van der Waals surface area contributed by atoms with Crippen LogP contribution in [0, 0.1) is 0 Å². The number of nitrogens with one attached hydrogen (secondary N) is 1. The van der Waals surface area contributed by atoms with Gasteiger partial charge in [-0.1, -0.05) is 0 Å². The van der Waals surface area contributed by atoms with Gasteiger partial charge >= 0.3 is 11.9 Å². The molecule has 1 aliphatic heterocycles. The van der Waals surface area contributed by atoms with Gasteiger partial charge in [0.1, 0.15) is 30.7 Å². The third-order valence-corrected chi connectivity index (χ3v) is 4.14. The quantitative estimate of drug-likeness (QED) is 0.301. The summed E-state index contributed by atoms with van der Waals surface area (Å²) < 4.78 is 6.72. The third kappa shape index (κ3) is 3.52. The number of aliphatic hydroxyl groups excluding tert-OH is 3. The minimum atomic E-state index is -1.44. The summed E-state index contributed by atoms with van der Waals surface area (Å²) in [6, 6.07) is -1.44. The highest BCUT2D eigenvalue weighted by atomic mass is 16.6. The molecule has 1 saturated heterocycles. The monoisotopic (exact) mass is 383 g/mol. The van der Waals surface area contributed by atoms with Crippen LogP contribution in [0.25, 0.3) is 11.2 Å². The normalized spacial score (nSPS) is 26.2. The lowest BCUT2D eigenvalue weighted by molar-refractivity contribution is -0.144. The molecule has 146 valence electrons. The maximum absolute atomic E-state index is 11.2. The van der Waals surface area contributed by atoms with E-state index in [2.05, 4.69) is 20.3 Å². The van der Waals surface area contributed by atoms with E-state index in [4.69, 9.17) is 14.9 Å². The third-order valence-electron chi connectivity index (χ3n) is 4.14. The van der Waals surface area contributed by atoms with Crippen molar-refractivity contribution in [3.8, 4) is 0 Å². The van der Waals surface area contributed by atoms with Gasteiger partial charge in [0.05, 0.1) is 19.4 Å². The molecule has 5 atom stereocenters. The van der Waals surface area contributed by atoms with E-state index in [1.165, 1.54) is 10.9 Å². The Kier molecular flexibility index (Phi) is 5.18. The van der Waals surface area contributed by atoms with Crippen LogP contribution in [0.3, 0.4) is 0 Å². The van der Waals surface area contributed by atoms with Gasteiger partial charge in [-0.2, -0.15) is 0 Å². The molecule has 0 unspecified atom stereocenters. The number of ether oxygens (including phenoxy) is 1. The Morgan fingerprint density at radius 3 is 2.56 bits per heavy atom. The molecule has 2 aromatic rings. The summed E-state index contributed by atoms with van der Waals surface area (Å²) in [5.74, 6) is -2.71. The van der Waals surface area contributed by atoms with Crippen LogP contribution in [0.4, 0.5) is 5.82 Å². The molecule has 1 aliphatic rings. The number of imidazole rings is 1. The predicted molar refractivity (Wildman–Crippen MR) is 85.6 cm³/mol. The summed E-state index contributed by atoms with van der Waals surface area (Å²) in [4.78, 5) is 34.0. The van der Waals surface area contributed by atoms with Crippen LogP contribution < -0.4 is 5.32 Å². The lowest BCUT2D eigenvalue weighted by Crippen LogP contribution is -2.33. The summed E-state index contributed by atoms with van der Waals surface area (Å²) in [5.41, 5.74) is 0.272. The van der Waals surface area contributed by atoms with Crippen molar-refractivity contribution in [2.24, 2.45) is 0 Å². The van der Waals surface area contributed by atoms with Crippen LogP contribution in [0.5, 0.6) is 0 Å². The SMILES string of the molecule is O=C(O)C[C@H](Nc1ncnc2c1ncn2[C@@H]1O[C@H](CO)[C@@H](O)[C@H]1O)C(=O)O. The van der Waals surface area contributed by atoms with Gasteiger partial charge < -0.3 is 35.6 Å². The molecule has 0 radical (unpaired) electrons. The summed E-state index contributed by atoms with van der Waals surface area (Å²) in [5, 5.41) is 49.7. The summed E-state index contributed by atoms with van der Waals surface area (Å²) >= 11 is 0. The Balaban J connectivity index is 1.93. The number of carbonyl (C=O) groups is 2. The summed E-state index contributed by atoms with van der Waals surface area (Å²) in [6.07, 6.45) is -3.08. The molecule has 6 N–H and O–H groups in total. The van der Waals surface area contributed by atoms with Gasteiger partial charge in [-0.15, -0.1) is 0 Å². The van der Waals surface area contributed by atoms with Crippen molar-refractivity contribution in [2.75, 3.05) is 11.9 Å². The highest BCUT2D eigenvalue weighted by molar-refractivity contribution is 5.88. The van der Waals surface area contributed by atoms with E-state index in [1.807, 2.05) is 0 Å². The van der Waals surface area contributed by atoms with Gasteiger partial charge in [-0.3, -0.25) is 9.36 Å². The first kappa shape index (κ1) is 18.9. The fourth-order valence-corrected chi connectivity index (χ4v) is 2.79. The van der Waals surface area contributed by atoms with E-state index in [-0.39, 0.29) is 17.0 Å². The zero-order valence-corrected chi connectivity index (χ0v) is 13.7. The molecule has 13 nitrogen and oxygen atoms in total. The number of aliphatic hydroxyl groups is 3. The number of hydrogen-bond acceptors (Lipinski definition) is 10. The number of fused-ring (bicyclic) bond motifs is 1. The Morgan fingerprint density at radius 2 is 1.96 bits per heavy atom. The lowest BCUT2D eigenvalue weighted by Gasteiger charge is -2.17. The highest BCUT2D eigenvalue weighted by Crippen LogP contribution is 2.32. The molecule has 1 fully saturated rings. The largest absolute Gasteiger partial charge is 0.481 e. The molecule has 3 heterocycles. The molecular weight excluding hydrogens is 366 g/mol. The average Bonchev–Trinajstić information content (AvgIpc) is 3.16. The van der Waals surface area contributed by atoms with E-state index >= 15 is 0 Å². The minimum Gasteiger partial charge on any atom is -0.481 e. The lowest BCUT2D eigenvalue weighted by atomic mass is 10.1. The Labute approximate surface area is 150 Å². The number of nitrogens with zero attached hydrogens (tertiary/aromatic N) is 4. The number of rotatable bonds is 7. The predicted octanol–water partition coefficient (Wildman–Crippen LogP) is -2.22. The minimum absolute atomic E-state index is 0.0147. The summed E-state index contributed by atoms with van der Waals surface area (Å²) in [6.45, 7) is -0.501. The molecule has 0 saturated carbocycles. The molecular formula is C14H17N5O8. The molecule has 27 heavy (non-hydrogen) atoms. The van der Waals surface area contributed by atoms with Crippen molar-refractivity contribution in [1.82, 2.24) is 19.5 Å². The number of anilines is 1. The number of carboxylic acid groups (broad SMARTS) is 2. The van der Waals surface area contributed by atoms with Crippen LogP contribution in [0.15, 0.2) is 12.7 Å². The Hall–Kier alpha value is -2.87. The Morgan fingerprint density at radius 1 is 1.22 bits per heavy atom. The van der Waals surface area contributed by atoms with E-state index in [0.29, 0.717) is 0 Å². The van der Waals surface area contributed by atoms with Crippen LogP contribution in [0.1, 0.15) is 12.6 Å². The molecule has 13 heteroatoms. The molecule has 0 aromatic carbocycles. The van der Waals surface area contributed by atoms with Gasteiger partial charge in [0, 0.05) is 0 Å². The maximum atomic E-state index is 11.2. The first-order valence-corrected chi connectivity index (χ1v) is 7.84. The van der Waals surface area contributed by atoms with Gasteiger partial charge in [0.15, 0.2) is 23.2 Å². The van der Waals surface area contributed by atoms with Crippen LogP contribution in [0.2, 0.25) is 0 Å². The van der Waals surface area contributed by atoms with Gasteiger partial charge in [-0.25, -0.2) is 19.7 Å². The topological polar surface area (TPSA) is 200 Å². The van der Waals surface area contributed by atoms with Gasteiger partial charge in [0.25, 0.3) is 0 Å². The summed E-state index contributed by atoms with van der Waals surface area (Å²) in [7, 11) is 0. The van der Waals surface area contributed by atoms with Gasteiger partial charge in [-0.05, 0) is 0 Å². The van der Waals surface area contributed by atoms with Crippen LogP contribution in [-0.4, -0.2) is 88.0 Å². The van der Waals surface area contributed by atoms with E-state index in [1.54, 1.807) is 0 Å². The van der Waals surface area contributed by atoms with Crippen molar-refractivity contribution in [1.29, 1.82) is 0 Å². The molecule has 3 rings (SSSR count). The zero-order chi connectivity index (χ0) is 19.7. The first-order chi connectivity index (χ1) is 12.8. The standard InChI is InChI=1S/C14H17N5O8/c20-2-6-9(23)10(24)13(27-6)19-4-17-8-11(15-3-16-12(8)19)18-5(14(25)26)1-7(21)22/h3-6,9-10,13,20,23-24H,1-2H2,(H,21,22)(H,25,26)(H,15,16,18)/t5-,6+,9+,10+,13+/m0/s1. The van der Waals surface area contributed by atoms with E-state index in [0.717, 1.165) is 6.33 Å².